The second-order valence-corrected chi connectivity index (χ2v) is 8.51. The number of benzene rings is 2. The van der Waals surface area contributed by atoms with E-state index in [0.29, 0.717) is 12.8 Å². The fourth-order valence-corrected chi connectivity index (χ4v) is 5.10. The van der Waals surface area contributed by atoms with Gasteiger partial charge in [0.15, 0.2) is 23.2 Å². The Hall–Kier alpha value is -3.29. The van der Waals surface area contributed by atoms with E-state index in [1.807, 2.05) is 0 Å². The number of phenolic OH excluding ortho intramolecular Hbond substituents is 1. The Labute approximate surface area is 182 Å². The van der Waals surface area contributed by atoms with Crippen LogP contribution in [0.3, 0.4) is 0 Å². The number of hydrogen-bond acceptors (Lipinski definition) is 3. The van der Waals surface area contributed by atoms with E-state index in [9.17, 15) is 28.6 Å². The van der Waals surface area contributed by atoms with Crippen molar-refractivity contribution in [2.24, 2.45) is 5.92 Å². The first-order valence-corrected chi connectivity index (χ1v) is 10.3. The van der Waals surface area contributed by atoms with Crippen molar-refractivity contribution < 1.29 is 33.0 Å². The topological polar surface area (TPSA) is 79.5 Å². The molecule has 32 heavy (non-hydrogen) atoms. The van der Waals surface area contributed by atoms with E-state index < -0.39 is 40.5 Å². The van der Waals surface area contributed by atoms with Crippen LogP contribution in [0.25, 0.3) is 10.9 Å². The van der Waals surface area contributed by atoms with Crippen molar-refractivity contribution in [1.29, 1.82) is 0 Å². The first-order valence-electron chi connectivity index (χ1n) is 10.3. The van der Waals surface area contributed by atoms with Gasteiger partial charge in [0.1, 0.15) is 0 Å². The first-order chi connectivity index (χ1) is 15.1. The number of carbonyl (C=O) groups is 2. The van der Waals surface area contributed by atoms with Gasteiger partial charge >= 0.3 is 5.97 Å². The van der Waals surface area contributed by atoms with Gasteiger partial charge in [-0.15, -0.1) is 0 Å². The summed E-state index contributed by atoms with van der Waals surface area (Å²) in [6.07, 6.45) is 2.94. The third kappa shape index (κ3) is 3.08. The number of phenols is 1. The van der Waals surface area contributed by atoms with Gasteiger partial charge in [-0.25, -0.2) is 13.2 Å². The van der Waals surface area contributed by atoms with Crippen LogP contribution in [-0.4, -0.2) is 26.7 Å². The lowest BCUT2D eigenvalue weighted by Gasteiger charge is -2.32. The number of hydrogen-bond donors (Lipinski definition) is 2. The Morgan fingerprint density at radius 1 is 1.06 bits per heavy atom. The lowest BCUT2D eigenvalue weighted by molar-refractivity contribution is -0.145. The minimum atomic E-state index is -1.52. The molecule has 1 aliphatic carbocycles. The number of fused-ring (bicyclic) bond motifs is 1. The van der Waals surface area contributed by atoms with Crippen molar-refractivity contribution in [2.45, 2.75) is 44.9 Å². The van der Waals surface area contributed by atoms with Crippen LogP contribution in [-0.2, 0) is 10.2 Å². The van der Waals surface area contributed by atoms with E-state index in [2.05, 4.69) is 0 Å². The van der Waals surface area contributed by atoms with Crippen LogP contribution >= 0.6 is 0 Å². The molecule has 0 radical (unpaired) electrons. The molecule has 2 aromatic carbocycles. The van der Waals surface area contributed by atoms with Crippen LogP contribution in [0.15, 0.2) is 30.3 Å². The molecule has 2 N–H and O–H groups in total. The van der Waals surface area contributed by atoms with Crippen LogP contribution in [0, 0.1) is 30.3 Å². The fourth-order valence-electron chi connectivity index (χ4n) is 5.10. The number of rotatable bonds is 4. The normalized spacial score (nSPS) is 16.4. The Morgan fingerprint density at radius 2 is 1.72 bits per heavy atom. The number of aromatic nitrogens is 1. The minimum Gasteiger partial charge on any atom is -0.505 e. The molecule has 1 atom stereocenters. The number of carboxylic acid groups (broad SMARTS) is 1. The number of halogens is 3. The molecule has 4 rings (SSSR count). The molecule has 5 nitrogen and oxygen atoms in total. The molecule has 0 saturated heterocycles. The van der Waals surface area contributed by atoms with Gasteiger partial charge < -0.3 is 10.2 Å². The van der Waals surface area contributed by atoms with Gasteiger partial charge in [0.25, 0.3) is 5.91 Å². The predicted octanol–water partition coefficient (Wildman–Crippen LogP) is 5.29. The molecule has 1 aromatic heterocycles. The summed E-state index contributed by atoms with van der Waals surface area (Å²) in [4.78, 5) is 25.9. The standard InChI is InChI=1S/C24H22F3NO4/c1-12-20(24(2,23(31)32)14-5-3-4-6-14)19-17(9-10-18(29)21(19)27)28(12)22(30)13-7-8-15(25)16(26)11-13/h7-11,14,29H,3-6H2,1-2H3,(H,31,32)/t24-/m1/s1. The second-order valence-electron chi connectivity index (χ2n) is 8.51. The van der Waals surface area contributed by atoms with Gasteiger partial charge in [-0.1, -0.05) is 12.8 Å². The summed E-state index contributed by atoms with van der Waals surface area (Å²) in [5, 5.41) is 20.1. The lowest BCUT2D eigenvalue weighted by atomic mass is 9.69. The largest absolute Gasteiger partial charge is 0.505 e. The van der Waals surface area contributed by atoms with E-state index >= 15 is 4.39 Å². The fraction of sp³-hybridized carbons (Fsp3) is 0.333. The highest BCUT2D eigenvalue weighted by molar-refractivity contribution is 6.06. The summed E-state index contributed by atoms with van der Waals surface area (Å²) in [6.45, 7) is 3.02. The van der Waals surface area contributed by atoms with Gasteiger partial charge in [-0.2, -0.15) is 0 Å². The van der Waals surface area contributed by atoms with Gasteiger partial charge in [-0.05, 0) is 62.9 Å². The van der Waals surface area contributed by atoms with E-state index in [4.69, 9.17) is 0 Å². The Morgan fingerprint density at radius 3 is 2.31 bits per heavy atom. The number of nitrogens with zero attached hydrogens (tertiary/aromatic N) is 1. The molecule has 0 spiro atoms. The third-order valence-electron chi connectivity index (χ3n) is 6.79. The maximum absolute atomic E-state index is 15.2. The monoisotopic (exact) mass is 445 g/mol. The molecule has 1 fully saturated rings. The van der Waals surface area contributed by atoms with Crippen LogP contribution < -0.4 is 0 Å². The van der Waals surface area contributed by atoms with Crippen molar-refractivity contribution in [2.75, 3.05) is 0 Å². The second kappa shape index (κ2) is 7.69. The quantitative estimate of drug-likeness (QED) is 0.572. The van der Waals surface area contributed by atoms with E-state index in [-0.39, 0.29) is 33.6 Å². The van der Waals surface area contributed by atoms with E-state index in [0.717, 1.165) is 41.7 Å². The van der Waals surface area contributed by atoms with Crippen LogP contribution in [0.1, 0.15) is 54.2 Å². The molecule has 1 heterocycles. The summed E-state index contributed by atoms with van der Waals surface area (Å²) in [5.74, 6) is -6.24. The molecule has 1 saturated carbocycles. The van der Waals surface area contributed by atoms with Gasteiger partial charge in [0.2, 0.25) is 0 Å². The average Bonchev–Trinajstić information content (AvgIpc) is 3.38. The zero-order valence-electron chi connectivity index (χ0n) is 17.6. The summed E-state index contributed by atoms with van der Waals surface area (Å²) >= 11 is 0. The van der Waals surface area contributed by atoms with Gasteiger partial charge in [0, 0.05) is 22.2 Å². The minimum absolute atomic E-state index is 0.0491. The van der Waals surface area contributed by atoms with Crippen LogP contribution in [0.2, 0.25) is 0 Å². The highest BCUT2D eigenvalue weighted by atomic mass is 19.2. The summed E-state index contributed by atoms with van der Waals surface area (Å²) in [7, 11) is 0. The van der Waals surface area contributed by atoms with Crippen molar-refractivity contribution in [3.8, 4) is 5.75 Å². The summed E-state index contributed by atoms with van der Waals surface area (Å²) in [6, 6.07) is 5.06. The van der Waals surface area contributed by atoms with Gasteiger partial charge in [0.05, 0.1) is 10.9 Å². The van der Waals surface area contributed by atoms with E-state index in [1.165, 1.54) is 19.9 Å². The molecular weight excluding hydrogens is 423 g/mol. The molecule has 168 valence electrons. The Kier molecular flexibility index (Phi) is 5.27. The van der Waals surface area contributed by atoms with Crippen molar-refractivity contribution in [3.63, 3.8) is 0 Å². The summed E-state index contributed by atoms with van der Waals surface area (Å²) in [5.41, 5.74) is -1.37. The zero-order valence-corrected chi connectivity index (χ0v) is 17.6. The highest BCUT2D eigenvalue weighted by Gasteiger charge is 2.48. The lowest BCUT2D eigenvalue weighted by Crippen LogP contribution is -2.40. The van der Waals surface area contributed by atoms with Crippen LogP contribution in [0.4, 0.5) is 13.2 Å². The molecule has 8 heteroatoms. The van der Waals surface area contributed by atoms with Crippen molar-refractivity contribution in [1.82, 2.24) is 4.57 Å². The smallest absolute Gasteiger partial charge is 0.314 e. The average molecular weight is 445 g/mol. The zero-order chi connectivity index (χ0) is 23.4. The molecule has 0 amide bonds. The maximum atomic E-state index is 15.2. The van der Waals surface area contributed by atoms with Gasteiger partial charge in [-0.3, -0.25) is 14.2 Å². The molecular formula is C24H22F3NO4. The molecule has 0 unspecified atom stereocenters. The van der Waals surface area contributed by atoms with Crippen LogP contribution in [0.5, 0.6) is 5.75 Å². The Balaban J connectivity index is 2.06. The number of aromatic hydroxyl groups is 1. The summed E-state index contributed by atoms with van der Waals surface area (Å²) < 4.78 is 43.5. The number of aliphatic carboxylic acids is 1. The van der Waals surface area contributed by atoms with Crippen molar-refractivity contribution in [3.05, 3.63) is 64.6 Å². The highest BCUT2D eigenvalue weighted by Crippen LogP contribution is 2.48. The molecule has 3 aromatic rings. The molecule has 1 aliphatic rings. The van der Waals surface area contributed by atoms with E-state index in [1.54, 1.807) is 0 Å². The number of carbonyl (C=O) groups excluding carboxylic acids is 1. The predicted molar refractivity (Wildman–Crippen MR) is 111 cm³/mol. The SMILES string of the molecule is Cc1c([C@](C)(C(=O)O)C2CCCC2)c2c(F)c(O)ccc2n1C(=O)c1ccc(F)c(F)c1. The first kappa shape index (κ1) is 21.9. The third-order valence-corrected chi connectivity index (χ3v) is 6.79. The molecule has 0 aliphatic heterocycles. The van der Waals surface area contributed by atoms with Crippen molar-refractivity contribution >= 4 is 22.8 Å². The Bertz CT molecular complexity index is 1260. The molecule has 0 bridgehead atoms. The maximum Gasteiger partial charge on any atom is 0.314 e. The number of carboxylic acids is 1.